The molecule has 0 N–H and O–H groups in total. The molecule has 1 aliphatic heterocycles. The third-order valence-electron chi connectivity index (χ3n) is 2.87. The molecule has 90 valence electrons. The molecular formula is C13H15NO3. The molecule has 1 aliphatic rings. The Morgan fingerprint density at radius 3 is 2.76 bits per heavy atom. The lowest BCUT2D eigenvalue weighted by molar-refractivity contribution is 0.260. The number of benzene rings is 1. The van der Waals surface area contributed by atoms with E-state index in [0.29, 0.717) is 6.61 Å². The second-order valence-corrected chi connectivity index (χ2v) is 4.31. The van der Waals surface area contributed by atoms with Crippen LogP contribution in [0, 0.1) is 32.0 Å². The predicted molar refractivity (Wildman–Crippen MR) is 65.6 cm³/mol. The molecule has 0 radical (unpaired) electrons. The molecule has 1 aromatic carbocycles. The van der Waals surface area contributed by atoms with Crippen LogP contribution in [-0.4, -0.2) is 19.3 Å². The molecule has 0 amide bonds. The molecule has 0 bridgehead atoms. The Hall–Kier alpha value is -1.73. The predicted octanol–water partition coefficient (Wildman–Crippen LogP) is 2.57. The van der Waals surface area contributed by atoms with Crippen molar-refractivity contribution < 1.29 is 9.47 Å². The van der Waals surface area contributed by atoms with Gasteiger partial charge in [0.15, 0.2) is 0 Å². The van der Waals surface area contributed by atoms with Gasteiger partial charge in [-0.15, -0.1) is 0 Å². The first-order valence-corrected chi connectivity index (χ1v) is 5.57. The van der Waals surface area contributed by atoms with Gasteiger partial charge in [0, 0.05) is 10.6 Å². The molecule has 1 atom stereocenters. The molecule has 4 heteroatoms. The molecule has 1 heterocycles. The topological polar surface area (TPSA) is 49.2 Å². The summed E-state index contributed by atoms with van der Waals surface area (Å²) >= 11 is 0. The fraction of sp³-hybridized carbons (Fsp3) is 0.462. The number of epoxide rings is 1. The van der Waals surface area contributed by atoms with E-state index < -0.39 is 0 Å². The Labute approximate surface area is 101 Å². The number of hydrogen-bond donors (Lipinski definition) is 0. The van der Waals surface area contributed by atoms with Crippen molar-refractivity contribution in [3.63, 3.8) is 0 Å². The summed E-state index contributed by atoms with van der Waals surface area (Å²) in [7, 11) is 0. The molecule has 1 fully saturated rings. The van der Waals surface area contributed by atoms with Crippen molar-refractivity contribution in [2.45, 2.75) is 26.9 Å². The van der Waals surface area contributed by atoms with Crippen LogP contribution in [0.3, 0.4) is 0 Å². The minimum Gasteiger partial charge on any atom is -0.498 e. The average molecular weight is 233 g/mol. The fourth-order valence-corrected chi connectivity index (χ4v) is 1.95. The van der Waals surface area contributed by atoms with Gasteiger partial charge in [-0.2, -0.15) is 0 Å². The SMILES string of the molecule is Cc1cc(C)c(OCC2CO2)c(C)c1C#[N+][O-]. The first-order valence-electron chi connectivity index (χ1n) is 5.57. The van der Waals surface area contributed by atoms with E-state index in [4.69, 9.17) is 9.47 Å². The van der Waals surface area contributed by atoms with Crippen LogP contribution >= 0.6 is 0 Å². The first kappa shape index (κ1) is 11.7. The lowest BCUT2D eigenvalue weighted by atomic mass is 9.99. The Bertz CT molecular complexity index is 496. The van der Waals surface area contributed by atoms with Crippen molar-refractivity contribution in [3.8, 4) is 11.8 Å². The highest BCUT2D eigenvalue weighted by atomic mass is 16.6. The van der Waals surface area contributed by atoms with Crippen molar-refractivity contribution in [1.82, 2.24) is 0 Å². The van der Waals surface area contributed by atoms with Gasteiger partial charge in [-0.3, -0.25) is 0 Å². The summed E-state index contributed by atoms with van der Waals surface area (Å²) in [6.07, 6.45) is 0.218. The third kappa shape index (κ3) is 2.51. The van der Waals surface area contributed by atoms with Crippen LogP contribution in [-0.2, 0) is 4.74 Å². The molecule has 17 heavy (non-hydrogen) atoms. The van der Waals surface area contributed by atoms with Gasteiger partial charge in [0.25, 0.3) is 0 Å². The van der Waals surface area contributed by atoms with Crippen molar-refractivity contribution in [3.05, 3.63) is 38.5 Å². The van der Waals surface area contributed by atoms with E-state index in [1.54, 1.807) is 0 Å². The first-order chi connectivity index (χ1) is 8.13. The number of rotatable bonds is 3. The minimum absolute atomic E-state index is 0.218. The van der Waals surface area contributed by atoms with Gasteiger partial charge in [-0.1, -0.05) is 6.07 Å². The second-order valence-electron chi connectivity index (χ2n) is 4.31. The van der Waals surface area contributed by atoms with Crippen LogP contribution < -0.4 is 4.74 Å². The molecule has 0 aliphatic carbocycles. The van der Waals surface area contributed by atoms with E-state index in [1.807, 2.05) is 26.8 Å². The summed E-state index contributed by atoms with van der Waals surface area (Å²) < 4.78 is 10.8. The molecular weight excluding hydrogens is 218 g/mol. The normalized spacial score (nSPS) is 17.2. The van der Waals surface area contributed by atoms with Gasteiger partial charge in [-0.05, 0) is 31.9 Å². The van der Waals surface area contributed by atoms with Crippen LogP contribution in [0.4, 0.5) is 0 Å². The van der Waals surface area contributed by atoms with Gasteiger partial charge in [-0.25, -0.2) is 0 Å². The summed E-state index contributed by atoms with van der Waals surface area (Å²) in [4.78, 5) is 0. The Balaban J connectivity index is 2.33. The van der Waals surface area contributed by atoms with E-state index in [9.17, 15) is 5.21 Å². The van der Waals surface area contributed by atoms with Crippen LogP contribution in [0.1, 0.15) is 22.3 Å². The highest BCUT2D eigenvalue weighted by Crippen LogP contribution is 2.29. The van der Waals surface area contributed by atoms with Crippen LogP contribution in [0.2, 0.25) is 0 Å². The largest absolute Gasteiger partial charge is 0.498 e. The Morgan fingerprint density at radius 2 is 2.18 bits per heavy atom. The highest BCUT2D eigenvalue weighted by Gasteiger charge is 2.24. The fourth-order valence-electron chi connectivity index (χ4n) is 1.95. The van der Waals surface area contributed by atoms with Crippen LogP contribution in [0.25, 0.3) is 5.01 Å². The molecule has 0 spiro atoms. The maximum absolute atomic E-state index is 10.3. The summed E-state index contributed by atoms with van der Waals surface area (Å²) in [5, 5.41) is 13.1. The van der Waals surface area contributed by atoms with Crippen LogP contribution in [0.5, 0.6) is 5.75 Å². The second kappa shape index (κ2) is 4.64. The van der Waals surface area contributed by atoms with E-state index in [0.717, 1.165) is 34.6 Å². The molecule has 0 saturated carbocycles. The number of hydrogen-bond acceptors (Lipinski definition) is 3. The van der Waals surface area contributed by atoms with E-state index in [-0.39, 0.29) is 6.10 Å². The van der Waals surface area contributed by atoms with E-state index >= 15 is 0 Å². The molecule has 1 unspecified atom stereocenters. The minimum atomic E-state index is 0.218. The van der Waals surface area contributed by atoms with Gasteiger partial charge in [0.05, 0.1) is 6.61 Å². The van der Waals surface area contributed by atoms with Gasteiger partial charge in [0.1, 0.15) is 24.0 Å². The smallest absolute Gasteiger partial charge is 0.337 e. The number of nitrogens with zero attached hydrogens (tertiary/aromatic N) is 1. The monoisotopic (exact) mass is 233 g/mol. The maximum atomic E-state index is 10.3. The molecule has 0 aromatic heterocycles. The summed E-state index contributed by atoms with van der Waals surface area (Å²) in [6, 6.07) is 4.45. The number of ether oxygens (including phenoxy) is 2. The third-order valence-corrected chi connectivity index (χ3v) is 2.87. The van der Waals surface area contributed by atoms with Gasteiger partial charge in [0.2, 0.25) is 0 Å². The molecule has 1 aromatic rings. The average Bonchev–Trinajstić information content (AvgIpc) is 3.07. The molecule has 1 saturated heterocycles. The summed E-state index contributed by atoms with van der Waals surface area (Å²) in [5.74, 6) is 0.803. The standard InChI is InChI=1S/C13H15NO3/c1-8-4-9(2)13(17-7-11-6-16-11)10(3)12(8)5-14-15/h4,11H,6-7H2,1-3H3. The van der Waals surface area contributed by atoms with Crippen molar-refractivity contribution >= 4 is 0 Å². The van der Waals surface area contributed by atoms with E-state index in [1.165, 1.54) is 0 Å². The summed E-state index contributed by atoms with van der Waals surface area (Å²) in [5.41, 5.74) is 3.66. The molecule has 4 nitrogen and oxygen atoms in total. The van der Waals surface area contributed by atoms with Crippen molar-refractivity contribution in [2.75, 3.05) is 13.2 Å². The zero-order valence-corrected chi connectivity index (χ0v) is 10.2. The van der Waals surface area contributed by atoms with Crippen molar-refractivity contribution in [1.29, 1.82) is 0 Å². The lowest BCUT2D eigenvalue weighted by Gasteiger charge is -2.13. The maximum Gasteiger partial charge on any atom is 0.337 e. The van der Waals surface area contributed by atoms with E-state index in [2.05, 4.69) is 11.1 Å². The number of aryl methyl sites for hydroxylation is 2. The summed E-state index contributed by atoms with van der Waals surface area (Å²) in [6.45, 7) is 7.16. The molecule has 2 rings (SSSR count). The Kier molecular flexibility index (Phi) is 3.21. The lowest BCUT2D eigenvalue weighted by Crippen LogP contribution is -2.07. The highest BCUT2D eigenvalue weighted by molar-refractivity contribution is 5.55. The quantitative estimate of drug-likeness (QED) is 0.595. The van der Waals surface area contributed by atoms with Gasteiger partial charge >= 0.3 is 6.07 Å². The van der Waals surface area contributed by atoms with Crippen LogP contribution in [0.15, 0.2) is 6.07 Å². The zero-order chi connectivity index (χ0) is 12.4. The van der Waals surface area contributed by atoms with Crippen molar-refractivity contribution in [2.24, 2.45) is 0 Å². The van der Waals surface area contributed by atoms with Gasteiger partial charge < -0.3 is 14.7 Å². The zero-order valence-electron chi connectivity index (χ0n) is 10.2. The Morgan fingerprint density at radius 1 is 1.47 bits per heavy atom.